The zero-order valence-corrected chi connectivity index (χ0v) is 10.1. The van der Waals surface area contributed by atoms with Crippen LogP contribution in [-0.4, -0.2) is 19.5 Å². The molecule has 1 saturated heterocycles. The number of hydrogen-bond donors (Lipinski definition) is 0. The van der Waals surface area contributed by atoms with Crippen LogP contribution in [0.2, 0.25) is 0 Å². The van der Waals surface area contributed by atoms with Gasteiger partial charge in [-0.1, -0.05) is 34.1 Å². The first-order valence-electron chi connectivity index (χ1n) is 5.83. The molecule has 1 rings (SSSR count). The molecule has 0 spiro atoms. The van der Waals surface area contributed by atoms with Crippen molar-refractivity contribution < 1.29 is 9.47 Å². The monoisotopic (exact) mass is 200 g/mol. The van der Waals surface area contributed by atoms with Gasteiger partial charge in [0.05, 0.1) is 6.10 Å². The van der Waals surface area contributed by atoms with Gasteiger partial charge in [0.1, 0.15) is 0 Å². The molecule has 84 valence electrons. The van der Waals surface area contributed by atoms with Crippen molar-refractivity contribution in [1.82, 2.24) is 0 Å². The zero-order chi connectivity index (χ0) is 10.7. The summed E-state index contributed by atoms with van der Waals surface area (Å²) in [6.45, 7) is 9.01. The Balaban J connectivity index is 2.71. The summed E-state index contributed by atoms with van der Waals surface area (Å²) in [5, 5.41) is 0. The molecule has 14 heavy (non-hydrogen) atoms. The fraction of sp³-hybridized carbons (Fsp3) is 1.00. The summed E-state index contributed by atoms with van der Waals surface area (Å²) >= 11 is 0. The second kappa shape index (κ2) is 5.13. The van der Waals surface area contributed by atoms with Crippen molar-refractivity contribution in [2.24, 2.45) is 17.8 Å². The lowest BCUT2D eigenvalue weighted by Crippen LogP contribution is -2.46. The van der Waals surface area contributed by atoms with Crippen LogP contribution < -0.4 is 0 Å². The zero-order valence-electron chi connectivity index (χ0n) is 10.1. The van der Waals surface area contributed by atoms with Gasteiger partial charge >= 0.3 is 0 Å². The van der Waals surface area contributed by atoms with Crippen LogP contribution in [-0.2, 0) is 9.47 Å². The number of hydrogen-bond acceptors (Lipinski definition) is 2. The summed E-state index contributed by atoms with van der Waals surface area (Å²) in [6.07, 6.45) is 2.68. The van der Waals surface area contributed by atoms with Crippen LogP contribution in [0.1, 0.15) is 40.5 Å². The molecule has 0 aliphatic carbocycles. The van der Waals surface area contributed by atoms with E-state index in [2.05, 4.69) is 27.7 Å². The summed E-state index contributed by atoms with van der Waals surface area (Å²) < 4.78 is 11.3. The lowest BCUT2D eigenvalue weighted by atomic mass is 9.76. The molecule has 0 aromatic rings. The van der Waals surface area contributed by atoms with Crippen molar-refractivity contribution in [2.75, 3.05) is 7.11 Å². The Kier molecular flexibility index (Phi) is 4.39. The SMILES string of the molecule is CCC1O[C@@H](OC)C(C)[C@@H](C)[C@@H]1CC. The van der Waals surface area contributed by atoms with Crippen LogP contribution in [0.3, 0.4) is 0 Å². The minimum absolute atomic E-state index is 0.00208. The second-order valence-corrected chi connectivity index (χ2v) is 4.48. The molecular weight excluding hydrogens is 176 g/mol. The van der Waals surface area contributed by atoms with Gasteiger partial charge in [-0.25, -0.2) is 0 Å². The Hall–Kier alpha value is -0.0800. The average Bonchev–Trinajstić information content (AvgIpc) is 2.21. The molecule has 2 unspecified atom stereocenters. The molecule has 1 heterocycles. The van der Waals surface area contributed by atoms with E-state index >= 15 is 0 Å². The van der Waals surface area contributed by atoms with E-state index in [1.165, 1.54) is 6.42 Å². The van der Waals surface area contributed by atoms with Crippen LogP contribution in [0.4, 0.5) is 0 Å². The van der Waals surface area contributed by atoms with E-state index in [1.54, 1.807) is 7.11 Å². The van der Waals surface area contributed by atoms with Crippen LogP contribution in [0, 0.1) is 17.8 Å². The fourth-order valence-electron chi connectivity index (χ4n) is 2.68. The summed E-state index contributed by atoms with van der Waals surface area (Å²) in [7, 11) is 1.74. The van der Waals surface area contributed by atoms with Crippen molar-refractivity contribution >= 4 is 0 Å². The van der Waals surface area contributed by atoms with E-state index in [9.17, 15) is 0 Å². The molecule has 0 radical (unpaired) electrons. The first kappa shape index (κ1) is 12.0. The standard InChI is InChI=1S/C12H24O2/c1-6-10-8(3)9(4)12(13-5)14-11(10)7-2/h8-12H,6-7H2,1-5H3/t8-,9?,10+,11?,12-/m1/s1. The number of ether oxygens (including phenoxy) is 2. The third kappa shape index (κ3) is 2.12. The van der Waals surface area contributed by atoms with Crippen LogP contribution in [0.15, 0.2) is 0 Å². The molecule has 0 aromatic heterocycles. The largest absolute Gasteiger partial charge is 0.356 e. The molecule has 0 bridgehead atoms. The van der Waals surface area contributed by atoms with Gasteiger partial charge in [0.25, 0.3) is 0 Å². The highest BCUT2D eigenvalue weighted by atomic mass is 16.7. The highest BCUT2D eigenvalue weighted by molar-refractivity contribution is 4.83. The molecule has 1 aliphatic rings. The molecule has 0 saturated carbocycles. The van der Waals surface area contributed by atoms with Gasteiger partial charge in [-0.3, -0.25) is 0 Å². The highest BCUT2D eigenvalue weighted by Crippen LogP contribution is 2.38. The summed E-state index contributed by atoms with van der Waals surface area (Å²) in [4.78, 5) is 0. The second-order valence-electron chi connectivity index (χ2n) is 4.48. The van der Waals surface area contributed by atoms with E-state index < -0.39 is 0 Å². The van der Waals surface area contributed by atoms with Crippen LogP contribution in [0.5, 0.6) is 0 Å². The summed E-state index contributed by atoms with van der Waals surface area (Å²) in [6, 6.07) is 0. The predicted molar refractivity (Wildman–Crippen MR) is 58.1 cm³/mol. The maximum Gasteiger partial charge on any atom is 0.160 e. The van der Waals surface area contributed by atoms with Gasteiger partial charge in [-0.15, -0.1) is 0 Å². The molecule has 0 N–H and O–H groups in total. The third-order valence-corrected chi connectivity index (χ3v) is 3.83. The molecule has 1 fully saturated rings. The Morgan fingerprint density at radius 1 is 1.07 bits per heavy atom. The van der Waals surface area contributed by atoms with Crippen molar-refractivity contribution in [3.8, 4) is 0 Å². The van der Waals surface area contributed by atoms with Gasteiger partial charge < -0.3 is 9.47 Å². The van der Waals surface area contributed by atoms with Crippen LogP contribution in [0.25, 0.3) is 0 Å². The van der Waals surface area contributed by atoms with Crippen molar-refractivity contribution in [3.63, 3.8) is 0 Å². The summed E-state index contributed by atoms with van der Waals surface area (Å²) in [5.74, 6) is 1.90. The maximum absolute atomic E-state index is 5.95. The molecule has 2 nitrogen and oxygen atoms in total. The average molecular weight is 200 g/mol. The third-order valence-electron chi connectivity index (χ3n) is 3.83. The number of rotatable bonds is 3. The first-order valence-corrected chi connectivity index (χ1v) is 5.83. The van der Waals surface area contributed by atoms with Gasteiger partial charge in [-0.2, -0.15) is 0 Å². The molecule has 1 aliphatic heterocycles. The van der Waals surface area contributed by atoms with Crippen molar-refractivity contribution in [3.05, 3.63) is 0 Å². The Morgan fingerprint density at radius 3 is 2.14 bits per heavy atom. The smallest absolute Gasteiger partial charge is 0.160 e. The normalized spacial score (nSPS) is 43.9. The van der Waals surface area contributed by atoms with E-state index in [4.69, 9.17) is 9.47 Å². The van der Waals surface area contributed by atoms with Crippen molar-refractivity contribution in [1.29, 1.82) is 0 Å². The molecular formula is C12H24O2. The maximum atomic E-state index is 5.95. The topological polar surface area (TPSA) is 18.5 Å². The Morgan fingerprint density at radius 2 is 1.71 bits per heavy atom. The molecule has 2 heteroatoms. The lowest BCUT2D eigenvalue weighted by molar-refractivity contribution is -0.240. The molecule has 5 atom stereocenters. The minimum atomic E-state index is -0.00208. The first-order chi connectivity index (χ1) is 6.65. The Labute approximate surface area is 88.0 Å². The van der Waals surface area contributed by atoms with Gasteiger partial charge in [0.15, 0.2) is 6.29 Å². The minimum Gasteiger partial charge on any atom is -0.356 e. The van der Waals surface area contributed by atoms with E-state index in [0.717, 1.165) is 6.42 Å². The number of methoxy groups -OCH3 is 1. The summed E-state index contributed by atoms with van der Waals surface area (Å²) in [5.41, 5.74) is 0. The van der Waals surface area contributed by atoms with E-state index in [0.29, 0.717) is 23.9 Å². The lowest BCUT2D eigenvalue weighted by Gasteiger charge is -2.44. The van der Waals surface area contributed by atoms with E-state index in [1.807, 2.05) is 0 Å². The van der Waals surface area contributed by atoms with Gasteiger partial charge in [0, 0.05) is 13.0 Å². The molecule has 0 aromatic carbocycles. The van der Waals surface area contributed by atoms with Gasteiger partial charge in [-0.05, 0) is 18.3 Å². The highest BCUT2D eigenvalue weighted by Gasteiger charge is 2.39. The quantitative estimate of drug-likeness (QED) is 0.697. The predicted octanol–water partition coefficient (Wildman–Crippen LogP) is 3.07. The van der Waals surface area contributed by atoms with Gasteiger partial charge in [0.2, 0.25) is 0 Å². The van der Waals surface area contributed by atoms with Crippen molar-refractivity contribution in [2.45, 2.75) is 52.9 Å². The Bertz CT molecular complexity index is 168. The fourth-order valence-corrected chi connectivity index (χ4v) is 2.68. The van der Waals surface area contributed by atoms with E-state index in [-0.39, 0.29) is 6.29 Å². The van der Waals surface area contributed by atoms with Crippen LogP contribution >= 0.6 is 0 Å². The molecule has 0 amide bonds.